The molecule has 178 valence electrons. The van der Waals surface area contributed by atoms with Gasteiger partial charge in [0.2, 0.25) is 0 Å². The predicted molar refractivity (Wildman–Crippen MR) is 147 cm³/mol. The monoisotopic (exact) mass is 618 g/mol. The summed E-state index contributed by atoms with van der Waals surface area (Å²) in [4.78, 5) is 38.9. The van der Waals surface area contributed by atoms with Gasteiger partial charge in [-0.15, -0.1) is 0 Å². The summed E-state index contributed by atoms with van der Waals surface area (Å²) in [5.74, 6) is -0.117. The summed E-state index contributed by atoms with van der Waals surface area (Å²) in [5, 5.41) is 3.02. The number of ether oxygens (including phenoxy) is 1. The van der Waals surface area contributed by atoms with Gasteiger partial charge in [-0.2, -0.15) is 0 Å². The van der Waals surface area contributed by atoms with Crippen molar-refractivity contribution < 1.29 is 19.1 Å². The van der Waals surface area contributed by atoms with Gasteiger partial charge in [-0.05, 0) is 100 Å². The Morgan fingerprint density at radius 1 is 1.09 bits per heavy atom. The molecule has 1 fully saturated rings. The number of hydrogen-bond acceptors (Lipinski definition) is 5. The predicted octanol–water partition coefficient (Wildman–Crippen LogP) is 6.51. The van der Waals surface area contributed by atoms with Crippen LogP contribution in [0.3, 0.4) is 0 Å². The summed E-state index contributed by atoms with van der Waals surface area (Å²) < 4.78 is 6.64. The van der Waals surface area contributed by atoms with Gasteiger partial charge in [0.1, 0.15) is 5.75 Å². The number of rotatable bonds is 7. The first-order valence-corrected chi connectivity index (χ1v) is 12.8. The van der Waals surface area contributed by atoms with Gasteiger partial charge in [-0.3, -0.25) is 19.3 Å². The van der Waals surface area contributed by atoms with Crippen molar-refractivity contribution in [3.8, 4) is 5.75 Å². The maximum Gasteiger partial charge on any atom is 0.293 e. The van der Waals surface area contributed by atoms with Crippen LogP contribution in [0.5, 0.6) is 5.75 Å². The van der Waals surface area contributed by atoms with Gasteiger partial charge in [0.15, 0.2) is 6.61 Å². The second-order valence-electron chi connectivity index (χ2n) is 7.76. The number of halogens is 2. The first kappa shape index (κ1) is 25.3. The number of imide groups is 1. The number of carbonyl (C=O) groups is 3. The molecule has 9 heteroatoms. The molecule has 1 heterocycles. The summed E-state index contributed by atoms with van der Waals surface area (Å²) in [5.41, 5.74) is 3.16. The van der Waals surface area contributed by atoms with Crippen LogP contribution in [-0.4, -0.2) is 28.6 Å². The molecule has 1 N–H and O–H groups in total. The number of anilines is 1. The van der Waals surface area contributed by atoms with Crippen LogP contribution in [0.2, 0.25) is 5.02 Å². The number of benzene rings is 3. The van der Waals surface area contributed by atoms with Gasteiger partial charge in [0.25, 0.3) is 17.1 Å². The Kier molecular flexibility index (Phi) is 8.15. The molecule has 35 heavy (non-hydrogen) atoms. The zero-order valence-corrected chi connectivity index (χ0v) is 22.3. The molecule has 1 saturated heterocycles. The van der Waals surface area contributed by atoms with Gasteiger partial charge < -0.3 is 10.1 Å². The van der Waals surface area contributed by atoms with Crippen molar-refractivity contribution in [3.05, 3.63) is 96.9 Å². The Labute approximate surface area is 225 Å². The van der Waals surface area contributed by atoms with Crippen LogP contribution in [0.1, 0.15) is 16.7 Å². The van der Waals surface area contributed by atoms with E-state index in [9.17, 15) is 14.4 Å². The lowest BCUT2D eigenvalue weighted by Crippen LogP contribution is -2.27. The van der Waals surface area contributed by atoms with Crippen LogP contribution in [0.4, 0.5) is 10.5 Å². The molecule has 3 aromatic carbocycles. The minimum atomic E-state index is -0.313. The van der Waals surface area contributed by atoms with Crippen LogP contribution in [0.25, 0.3) is 6.08 Å². The van der Waals surface area contributed by atoms with E-state index in [4.69, 9.17) is 16.3 Å². The molecular formula is C26H20ClIN2O4S. The highest BCUT2D eigenvalue weighted by Gasteiger charge is 2.34. The molecular weight excluding hydrogens is 599 g/mol. The van der Waals surface area contributed by atoms with E-state index in [2.05, 4.69) is 27.9 Å². The third kappa shape index (κ3) is 6.65. The van der Waals surface area contributed by atoms with E-state index in [0.29, 0.717) is 21.4 Å². The largest absolute Gasteiger partial charge is 0.484 e. The van der Waals surface area contributed by atoms with E-state index in [1.165, 1.54) is 4.90 Å². The normalized spacial score (nSPS) is 14.5. The van der Waals surface area contributed by atoms with Crippen molar-refractivity contribution in [1.82, 2.24) is 4.90 Å². The Morgan fingerprint density at radius 3 is 2.49 bits per heavy atom. The lowest BCUT2D eigenvalue weighted by molar-refractivity contribution is -0.123. The van der Waals surface area contributed by atoms with Crippen LogP contribution < -0.4 is 10.1 Å². The van der Waals surface area contributed by atoms with Crippen LogP contribution in [0.15, 0.2) is 71.6 Å². The third-order valence-electron chi connectivity index (χ3n) is 5.13. The molecule has 4 rings (SSSR count). The molecule has 0 spiro atoms. The molecule has 6 nitrogen and oxygen atoms in total. The molecule has 1 aliphatic rings. The van der Waals surface area contributed by atoms with E-state index in [1.807, 2.05) is 37.3 Å². The molecule has 0 aliphatic carbocycles. The molecule has 0 unspecified atom stereocenters. The number of nitrogens with one attached hydrogen (secondary N) is 1. The molecule has 0 saturated carbocycles. The van der Waals surface area contributed by atoms with Crippen LogP contribution in [-0.2, 0) is 16.1 Å². The van der Waals surface area contributed by atoms with E-state index in [0.717, 1.165) is 32.0 Å². The number of nitrogens with zero attached hydrogens (tertiary/aromatic N) is 1. The van der Waals surface area contributed by atoms with E-state index < -0.39 is 0 Å². The summed E-state index contributed by atoms with van der Waals surface area (Å²) in [7, 11) is 0. The minimum absolute atomic E-state index is 0.164. The Balaban J connectivity index is 1.33. The van der Waals surface area contributed by atoms with Crippen molar-refractivity contribution in [2.24, 2.45) is 0 Å². The molecule has 0 aromatic heterocycles. The molecule has 3 aromatic rings. The molecule has 0 atom stereocenters. The Bertz CT molecular complexity index is 1310. The van der Waals surface area contributed by atoms with E-state index in [1.54, 1.807) is 42.5 Å². The first-order chi connectivity index (χ1) is 16.8. The van der Waals surface area contributed by atoms with Crippen molar-refractivity contribution >= 4 is 74.8 Å². The summed E-state index contributed by atoms with van der Waals surface area (Å²) >= 11 is 9.21. The highest BCUT2D eigenvalue weighted by molar-refractivity contribution is 14.1. The Morgan fingerprint density at radius 2 is 1.80 bits per heavy atom. The average Bonchev–Trinajstić information content (AvgIpc) is 3.09. The second-order valence-corrected chi connectivity index (χ2v) is 10.4. The lowest BCUT2D eigenvalue weighted by atomic mass is 10.2. The topological polar surface area (TPSA) is 75.7 Å². The van der Waals surface area contributed by atoms with Gasteiger partial charge in [-0.1, -0.05) is 41.9 Å². The zero-order chi connectivity index (χ0) is 24.9. The number of carbonyl (C=O) groups excluding carboxylic acids is 3. The van der Waals surface area contributed by atoms with Crippen LogP contribution in [0, 0.1) is 10.5 Å². The highest BCUT2D eigenvalue weighted by atomic mass is 127. The molecule has 1 aliphatic heterocycles. The summed E-state index contributed by atoms with van der Waals surface area (Å²) in [6.07, 6.45) is 1.68. The maximum absolute atomic E-state index is 12.8. The zero-order valence-electron chi connectivity index (χ0n) is 18.6. The van der Waals surface area contributed by atoms with Gasteiger partial charge >= 0.3 is 0 Å². The van der Waals surface area contributed by atoms with E-state index in [-0.39, 0.29) is 30.2 Å². The van der Waals surface area contributed by atoms with Gasteiger partial charge in [0.05, 0.1) is 11.4 Å². The van der Waals surface area contributed by atoms with E-state index >= 15 is 0 Å². The SMILES string of the molecule is Cc1ccc(NC(=O)COc2ccc(/C=C3\SC(=O)N(Cc4ccc(I)cc4)C3=O)cc2)cc1Cl. The third-order valence-corrected chi connectivity index (χ3v) is 7.16. The quantitative estimate of drug-likeness (QED) is 0.242. The lowest BCUT2D eigenvalue weighted by Gasteiger charge is -2.12. The summed E-state index contributed by atoms with van der Waals surface area (Å²) in [6, 6.07) is 19.9. The molecule has 0 radical (unpaired) electrons. The smallest absolute Gasteiger partial charge is 0.293 e. The van der Waals surface area contributed by atoms with Crippen molar-refractivity contribution in [2.45, 2.75) is 13.5 Å². The average molecular weight is 619 g/mol. The fraction of sp³-hybridized carbons (Fsp3) is 0.115. The van der Waals surface area contributed by atoms with Crippen LogP contribution >= 0.6 is 46.0 Å². The van der Waals surface area contributed by atoms with Gasteiger partial charge in [-0.25, -0.2) is 0 Å². The summed E-state index contributed by atoms with van der Waals surface area (Å²) in [6.45, 7) is 1.96. The van der Waals surface area contributed by atoms with Crippen molar-refractivity contribution in [1.29, 1.82) is 0 Å². The minimum Gasteiger partial charge on any atom is -0.484 e. The molecule has 0 bridgehead atoms. The van der Waals surface area contributed by atoms with Crippen molar-refractivity contribution in [2.75, 3.05) is 11.9 Å². The highest BCUT2D eigenvalue weighted by Crippen LogP contribution is 2.33. The second kappa shape index (κ2) is 11.3. The number of aryl methyl sites for hydroxylation is 1. The van der Waals surface area contributed by atoms with Gasteiger partial charge in [0, 0.05) is 14.3 Å². The Hall–Kier alpha value is -2.82. The van der Waals surface area contributed by atoms with Crippen molar-refractivity contribution in [3.63, 3.8) is 0 Å². The standard InChI is InChI=1S/C26H20ClIN2O4S/c1-16-2-9-20(13-22(16)27)29-24(31)15-34-21-10-5-17(6-11-21)12-23-25(32)30(26(33)35-23)14-18-3-7-19(28)8-4-18/h2-13H,14-15H2,1H3,(H,29,31)/b23-12-. The fourth-order valence-corrected chi connectivity index (χ4v) is 4.62. The first-order valence-electron chi connectivity index (χ1n) is 10.6. The fourth-order valence-electron chi connectivity index (χ4n) is 3.24. The maximum atomic E-state index is 12.8. The number of thioether (sulfide) groups is 1. The molecule has 3 amide bonds. The number of hydrogen-bond donors (Lipinski definition) is 1. The number of amides is 3.